The molecule has 23 heavy (non-hydrogen) atoms. The molecule has 7 heteroatoms. The minimum absolute atomic E-state index is 0.0417. The van der Waals surface area contributed by atoms with E-state index in [-0.39, 0.29) is 11.5 Å². The average Bonchev–Trinajstić information content (AvgIpc) is 2.99. The Bertz CT molecular complexity index is 844. The van der Waals surface area contributed by atoms with Crippen molar-refractivity contribution >= 4 is 11.5 Å². The van der Waals surface area contributed by atoms with Gasteiger partial charge in [-0.2, -0.15) is 5.10 Å². The molecular weight excluding hydrogens is 294 g/mol. The number of rotatable bonds is 5. The van der Waals surface area contributed by atoms with Gasteiger partial charge in [0, 0.05) is 25.0 Å². The fraction of sp³-hybridized carbons (Fsp3) is 0.125. The lowest BCUT2D eigenvalue weighted by Gasteiger charge is -2.11. The minimum atomic E-state index is -0.446. The molecule has 3 rings (SSSR count). The van der Waals surface area contributed by atoms with Gasteiger partial charge in [-0.3, -0.25) is 10.1 Å². The molecule has 0 radical (unpaired) electrons. The molecule has 0 saturated carbocycles. The second kappa shape index (κ2) is 6.27. The van der Waals surface area contributed by atoms with Gasteiger partial charge in [0.25, 0.3) is 0 Å². The van der Waals surface area contributed by atoms with Gasteiger partial charge in [-0.1, -0.05) is 18.2 Å². The van der Waals surface area contributed by atoms with Crippen molar-refractivity contribution in [1.29, 1.82) is 0 Å². The van der Waals surface area contributed by atoms with Crippen molar-refractivity contribution in [2.45, 2.75) is 13.5 Å². The number of aryl methyl sites for hydroxylation is 1. The smallest absolute Gasteiger partial charge is 0.311 e. The number of hydrogen-bond donors (Lipinski definition) is 1. The lowest BCUT2D eigenvalue weighted by atomic mass is 10.1. The highest BCUT2D eigenvalue weighted by Gasteiger charge is 2.14. The van der Waals surface area contributed by atoms with Gasteiger partial charge in [0.05, 0.1) is 16.3 Å². The number of benzene rings is 1. The number of nitrogens with one attached hydrogen (secondary N) is 1. The van der Waals surface area contributed by atoms with Crippen molar-refractivity contribution in [1.82, 2.24) is 14.8 Å². The maximum atomic E-state index is 11.0. The Kier molecular flexibility index (Phi) is 4.01. The summed E-state index contributed by atoms with van der Waals surface area (Å²) in [6, 6.07) is 12.7. The van der Waals surface area contributed by atoms with E-state index in [1.54, 1.807) is 10.7 Å². The molecule has 0 atom stereocenters. The molecule has 1 N–H and O–H groups in total. The zero-order valence-electron chi connectivity index (χ0n) is 12.5. The molecular formula is C16H15N5O2. The molecule has 7 nitrogen and oxygen atoms in total. The SMILES string of the molecule is Cc1ccn(-c2ccccc2CNc2ncccc2[N+](=O)[O-])n1. The molecule has 0 bridgehead atoms. The summed E-state index contributed by atoms with van der Waals surface area (Å²) < 4.78 is 1.79. The third kappa shape index (κ3) is 3.18. The van der Waals surface area contributed by atoms with Crippen LogP contribution in [0.2, 0.25) is 0 Å². The summed E-state index contributed by atoms with van der Waals surface area (Å²) in [4.78, 5) is 14.6. The summed E-state index contributed by atoms with van der Waals surface area (Å²) in [7, 11) is 0. The Morgan fingerprint density at radius 1 is 1.22 bits per heavy atom. The van der Waals surface area contributed by atoms with Crippen molar-refractivity contribution in [3.63, 3.8) is 0 Å². The number of anilines is 1. The standard InChI is InChI=1S/C16H15N5O2/c1-12-8-10-20(19-12)14-6-3-2-5-13(14)11-18-16-15(21(22)23)7-4-9-17-16/h2-10H,11H2,1H3,(H,17,18). The topological polar surface area (TPSA) is 85.9 Å². The Balaban J connectivity index is 1.86. The Labute approximate surface area is 132 Å². The maximum absolute atomic E-state index is 11.0. The first kappa shape index (κ1) is 14.7. The van der Waals surface area contributed by atoms with Crippen molar-refractivity contribution in [3.05, 3.63) is 76.2 Å². The number of para-hydroxylation sites is 1. The van der Waals surface area contributed by atoms with Crippen LogP contribution in [0, 0.1) is 17.0 Å². The largest absolute Gasteiger partial charge is 0.360 e. The first-order valence-electron chi connectivity index (χ1n) is 7.09. The van der Waals surface area contributed by atoms with Crippen LogP contribution >= 0.6 is 0 Å². The zero-order valence-corrected chi connectivity index (χ0v) is 12.5. The average molecular weight is 309 g/mol. The molecule has 2 heterocycles. The summed E-state index contributed by atoms with van der Waals surface area (Å²) in [6.45, 7) is 2.33. The van der Waals surface area contributed by atoms with E-state index >= 15 is 0 Å². The Morgan fingerprint density at radius 3 is 2.78 bits per heavy atom. The van der Waals surface area contributed by atoms with E-state index < -0.39 is 4.92 Å². The number of hydrogen-bond acceptors (Lipinski definition) is 5. The van der Waals surface area contributed by atoms with Gasteiger partial charge in [0.2, 0.25) is 5.82 Å². The Morgan fingerprint density at radius 2 is 2.04 bits per heavy atom. The van der Waals surface area contributed by atoms with Gasteiger partial charge in [0.1, 0.15) is 0 Å². The van der Waals surface area contributed by atoms with Gasteiger partial charge in [0.15, 0.2) is 0 Å². The summed E-state index contributed by atoms with van der Waals surface area (Å²) in [5.41, 5.74) is 2.77. The van der Waals surface area contributed by atoms with Crippen molar-refractivity contribution < 1.29 is 4.92 Å². The molecule has 0 saturated heterocycles. The second-order valence-corrected chi connectivity index (χ2v) is 5.01. The molecule has 2 aromatic heterocycles. The monoisotopic (exact) mass is 309 g/mol. The van der Waals surface area contributed by atoms with Gasteiger partial charge < -0.3 is 5.32 Å². The van der Waals surface area contributed by atoms with Crippen LogP contribution in [-0.4, -0.2) is 19.7 Å². The van der Waals surface area contributed by atoms with Crippen LogP contribution in [-0.2, 0) is 6.54 Å². The molecule has 0 aliphatic carbocycles. The van der Waals surface area contributed by atoms with E-state index in [0.717, 1.165) is 16.9 Å². The quantitative estimate of drug-likeness (QED) is 0.578. The number of aromatic nitrogens is 3. The van der Waals surface area contributed by atoms with Crippen LogP contribution in [0.15, 0.2) is 54.9 Å². The Hall–Kier alpha value is -3.22. The molecule has 1 aromatic carbocycles. The summed E-state index contributed by atoms with van der Waals surface area (Å²) in [5, 5.41) is 18.5. The van der Waals surface area contributed by atoms with Crippen molar-refractivity contribution in [2.75, 3.05) is 5.32 Å². The molecule has 0 amide bonds. The predicted octanol–water partition coefficient (Wildman–Crippen LogP) is 3.10. The fourth-order valence-electron chi connectivity index (χ4n) is 2.29. The third-order valence-electron chi connectivity index (χ3n) is 3.39. The third-order valence-corrected chi connectivity index (χ3v) is 3.39. The van der Waals surface area contributed by atoms with E-state index in [1.165, 1.54) is 12.3 Å². The van der Waals surface area contributed by atoms with E-state index in [2.05, 4.69) is 15.4 Å². The van der Waals surface area contributed by atoms with Gasteiger partial charge in [-0.05, 0) is 30.7 Å². The molecule has 116 valence electrons. The van der Waals surface area contributed by atoms with Crippen LogP contribution in [0.4, 0.5) is 11.5 Å². The summed E-state index contributed by atoms with van der Waals surface area (Å²) in [6.07, 6.45) is 3.41. The molecule has 0 fully saturated rings. The number of nitrogens with zero attached hydrogens (tertiary/aromatic N) is 4. The normalized spacial score (nSPS) is 10.5. The van der Waals surface area contributed by atoms with Gasteiger partial charge in [-0.15, -0.1) is 0 Å². The molecule has 0 aliphatic heterocycles. The van der Waals surface area contributed by atoms with E-state index in [4.69, 9.17) is 0 Å². The summed E-state index contributed by atoms with van der Waals surface area (Å²) >= 11 is 0. The van der Waals surface area contributed by atoms with Crippen LogP contribution in [0.25, 0.3) is 5.69 Å². The lowest BCUT2D eigenvalue weighted by Crippen LogP contribution is -2.08. The fourth-order valence-corrected chi connectivity index (χ4v) is 2.29. The maximum Gasteiger partial charge on any atom is 0.311 e. The van der Waals surface area contributed by atoms with Gasteiger partial charge in [-0.25, -0.2) is 9.67 Å². The first-order chi connectivity index (χ1) is 11.1. The number of nitro groups is 1. The molecule has 3 aromatic rings. The highest BCUT2D eigenvalue weighted by Crippen LogP contribution is 2.22. The molecule has 0 spiro atoms. The zero-order chi connectivity index (χ0) is 16.2. The van der Waals surface area contributed by atoms with Crippen LogP contribution < -0.4 is 5.32 Å². The first-order valence-corrected chi connectivity index (χ1v) is 7.09. The van der Waals surface area contributed by atoms with Crippen molar-refractivity contribution in [2.24, 2.45) is 0 Å². The van der Waals surface area contributed by atoms with E-state index in [1.807, 2.05) is 43.5 Å². The van der Waals surface area contributed by atoms with E-state index in [0.29, 0.717) is 6.54 Å². The molecule has 0 aliphatic rings. The predicted molar refractivity (Wildman–Crippen MR) is 86.5 cm³/mol. The summed E-state index contributed by atoms with van der Waals surface area (Å²) in [5.74, 6) is 0.254. The van der Waals surface area contributed by atoms with Crippen LogP contribution in [0.5, 0.6) is 0 Å². The second-order valence-electron chi connectivity index (χ2n) is 5.01. The highest BCUT2D eigenvalue weighted by molar-refractivity contribution is 5.56. The number of pyridine rings is 1. The van der Waals surface area contributed by atoms with E-state index in [9.17, 15) is 10.1 Å². The highest BCUT2D eigenvalue weighted by atomic mass is 16.6. The van der Waals surface area contributed by atoms with Gasteiger partial charge >= 0.3 is 5.69 Å². The van der Waals surface area contributed by atoms with Crippen molar-refractivity contribution in [3.8, 4) is 5.69 Å². The lowest BCUT2D eigenvalue weighted by molar-refractivity contribution is -0.384. The molecule has 0 unspecified atom stereocenters. The van der Waals surface area contributed by atoms with Crippen LogP contribution in [0.1, 0.15) is 11.3 Å². The van der Waals surface area contributed by atoms with Crippen LogP contribution in [0.3, 0.4) is 0 Å². The minimum Gasteiger partial charge on any atom is -0.360 e.